The SMILES string of the molecule is c1ccc(-c2ccc(N(c3ccc(-c4cccc5cc(-c6ccccc6)ccc45)cc3)c3ccc4c(c3)sc3ccccc34)cc2)cc1. The van der Waals surface area contributed by atoms with Crippen LogP contribution in [0.5, 0.6) is 0 Å². The van der Waals surface area contributed by atoms with Crippen molar-refractivity contribution in [1.29, 1.82) is 0 Å². The molecule has 0 N–H and O–H groups in total. The molecular formula is C46H31NS. The van der Waals surface area contributed by atoms with Gasteiger partial charge in [-0.3, -0.25) is 0 Å². The van der Waals surface area contributed by atoms with Crippen LogP contribution in [-0.2, 0) is 0 Å². The van der Waals surface area contributed by atoms with Crippen molar-refractivity contribution in [3.05, 3.63) is 188 Å². The van der Waals surface area contributed by atoms with E-state index in [2.05, 4.69) is 193 Å². The van der Waals surface area contributed by atoms with E-state index in [-0.39, 0.29) is 0 Å². The van der Waals surface area contributed by atoms with E-state index in [4.69, 9.17) is 0 Å². The van der Waals surface area contributed by atoms with Crippen molar-refractivity contribution in [2.45, 2.75) is 0 Å². The number of anilines is 3. The van der Waals surface area contributed by atoms with E-state index in [1.54, 1.807) is 0 Å². The van der Waals surface area contributed by atoms with Crippen molar-refractivity contribution in [2.75, 3.05) is 4.90 Å². The third kappa shape index (κ3) is 5.13. The molecule has 0 radical (unpaired) electrons. The standard InChI is InChI=1S/C46H31NS/c1-3-10-32(11-4-1)34-18-23-38(24-19-34)47(40-27-29-44-43-15-7-8-17-45(43)48-46(44)31-40)39-25-20-35(21-26-39)41-16-9-14-37-30-36(22-28-42(37)41)33-12-5-2-6-13-33/h1-31H. The second kappa shape index (κ2) is 12.0. The molecule has 8 aromatic carbocycles. The number of hydrogen-bond donors (Lipinski definition) is 0. The Hall–Kier alpha value is -5.96. The maximum absolute atomic E-state index is 2.37. The molecule has 0 aliphatic rings. The fraction of sp³-hybridized carbons (Fsp3) is 0. The van der Waals surface area contributed by atoms with Crippen molar-refractivity contribution in [2.24, 2.45) is 0 Å². The molecule has 0 atom stereocenters. The first-order valence-corrected chi connectivity index (χ1v) is 17.2. The van der Waals surface area contributed by atoms with Crippen LogP contribution in [0.15, 0.2) is 188 Å². The van der Waals surface area contributed by atoms with Gasteiger partial charge in [-0.2, -0.15) is 0 Å². The van der Waals surface area contributed by atoms with E-state index in [0.717, 1.165) is 17.1 Å². The second-order valence-electron chi connectivity index (χ2n) is 12.2. The Morgan fingerprint density at radius 1 is 0.312 bits per heavy atom. The van der Waals surface area contributed by atoms with E-state index < -0.39 is 0 Å². The van der Waals surface area contributed by atoms with Gasteiger partial charge in [-0.15, -0.1) is 11.3 Å². The van der Waals surface area contributed by atoms with Crippen LogP contribution in [0.25, 0.3) is 64.3 Å². The number of rotatable bonds is 6. The Labute approximate surface area is 284 Å². The summed E-state index contributed by atoms with van der Waals surface area (Å²) < 4.78 is 2.61. The summed E-state index contributed by atoms with van der Waals surface area (Å²) in [6.45, 7) is 0. The third-order valence-electron chi connectivity index (χ3n) is 9.28. The zero-order valence-corrected chi connectivity index (χ0v) is 27.1. The van der Waals surface area contributed by atoms with Crippen LogP contribution >= 0.6 is 11.3 Å². The van der Waals surface area contributed by atoms with Crippen LogP contribution < -0.4 is 4.90 Å². The normalized spacial score (nSPS) is 11.3. The summed E-state index contributed by atoms with van der Waals surface area (Å²) >= 11 is 1.86. The quantitative estimate of drug-likeness (QED) is 0.177. The highest BCUT2D eigenvalue weighted by molar-refractivity contribution is 7.25. The van der Waals surface area contributed by atoms with Crippen LogP contribution in [0.3, 0.4) is 0 Å². The summed E-state index contributed by atoms with van der Waals surface area (Å²) in [5.74, 6) is 0. The van der Waals surface area contributed by atoms with Crippen LogP contribution in [0.2, 0.25) is 0 Å². The van der Waals surface area contributed by atoms with Gasteiger partial charge in [0, 0.05) is 37.2 Å². The van der Waals surface area contributed by atoms with Gasteiger partial charge < -0.3 is 4.90 Å². The van der Waals surface area contributed by atoms with Crippen molar-refractivity contribution >= 4 is 59.3 Å². The van der Waals surface area contributed by atoms with Gasteiger partial charge in [0.2, 0.25) is 0 Å². The van der Waals surface area contributed by atoms with Crippen molar-refractivity contribution in [3.63, 3.8) is 0 Å². The predicted molar refractivity (Wildman–Crippen MR) is 208 cm³/mol. The summed E-state index contributed by atoms with van der Waals surface area (Å²) in [6.07, 6.45) is 0. The van der Waals surface area contributed by atoms with Crippen molar-refractivity contribution < 1.29 is 0 Å². The van der Waals surface area contributed by atoms with E-state index in [9.17, 15) is 0 Å². The molecule has 9 rings (SSSR count). The molecular weight excluding hydrogens is 599 g/mol. The highest BCUT2D eigenvalue weighted by Crippen LogP contribution is 2.42. The molecule has 9 aromatic rings. The minimum atomic E-state index is 1.12. The minimum absolute atomic E-state index is 1.12. The Kier molecular flexibility index (Phi) is 7.07. The lowest BCUT2D eigenvalue weighted by Crippen LogP contribution is -2.09. The Balaban J connectivity index is 1.12. The largest absolute Gasteiger partial charge is 0.310 e. The van der Waals surface area contributed by atoms with E-state index in [1.165, 1.54) is 64.3 Å². The average molecular weight is 630 g/mol. The molecule has 0 spiro atoms. The molecule has 1 nitrogen and oxygen atoms in total. The Morgan fingerprint density at radius 2 is 0.854 bits per heavy atom. The molecule has 0 fully saturated rings. The molecule has 0 aliphatic heterocycles. The Bertz CT molecular complexity index is 2530. The molecule has 0 aliphatic carbocycles. The number of fused-ring (bicyclic) bond motifs is 4. The molecule has 0 bridgehead atoms. The molecule has 0 saturated heterocycles. The first-order valence-electron chi connectivity index (χ1n) is 16.3. The maximum atomic E-state index is 2.37. The van der Waals surface area contributed by atoms with Gasteiger partial charge in [0.1, 0.15) is 0 Å². The lowest BCUT2D eigenvalue weighted by molar-refractivity contribution is 1.29. The van der Waals surface area contributed by atoms with Gasteiger partial charge in [0.15, 0.2) is 0 Å². The molecule has 0 saturated carbocycles. The molecule has 0 unspecified atom stereocenters. The fourth-order valence-corrected chi connectivity index (χ4v) is 8.01. The van der Waals surface area contributed by atoms with Crippen LogP contribution in [-0.4, -0.2) is 0 Å². The highest BCUT2D eigenvalue weighted by atomic mass is 32.1. The van der Waals surface area contributed by atoms with Gasteiger partial charge in [-0.1, -0.05) is 140 Å². The van der Waals surface area contributed by atoms with Crippen molar-refractivity contribution in [3.8, 4) is 33.4 Å². The Morgan fingerprint density at radius 3 is 1.58 bits per heavy atom. The van der Waals surface area contributed by atoms with Gasteiger partial charge >= 0.3 is 0 Å². The van der Waals surface area contributed by atoms with Gasteiger partial charge in [0.25, 0.3) is 0 Å². The minimum Gasteiger partial charge on any atom is -0.310 e. The van der Waals surface area contributed by atoms with Crippen molar-refractivity contribution in [1.82, 2.24) is 0 Å². The van der Waals surface area contributed by atoms with Gasteiger partial charge in [-0.05, 0) is 92.7 Å². The monoisotopic (exact) mass is 629 g/mol. The van der Waals surface area contributed by atoms with Crippen LogP contribution in [0.1, 0.15) is 0 Å². The lowest BCUT2D eigenvalue weighted by Gasteiger charge is -2.26. The van der Waals surface area contributed by atoms with E-state index in [1.807, 2.05) is 11.3 Å². The molecule has 1 aromatic heterocycles. The summed E-state index contributed by atoms with van der Waals surface area (Å²) in [5.41, 5.74) is 10.7. The number of hydrogen-bond acceptors (Lipinski definition) is 2. The topological polar surface area (TPSA) is 3.24 Å². The second-order valence-corrected chi connectivity index (χ2v) is 13.3. The lowest BCUT2D eigenvalue weighted by atomic mass is 9.95. The molecule has 1 heterocycles. The van der Waals surface area contributed by atoms with E-state index in [0.29, 0.717) is 0 Å². The molecule has 226 valence electrons. The van der Waals surface area contributed by atoms with Crippen LogP contribution in [0, 0.1) is 0 Å². The summed E-state index contributed by atoms with van der Waals surface area (Å²) in [5, 5.41) is 5.13. The fourth-order valence-electron chi connectivity index (χ4n) is 6.87. The zero-order chi connectivity index (χ0) is 31.9. The highest BCUT2D eigenvalue weighted by Gasteiger charge is 2.16. The van der Waals surface area contributed by atoms with Crippen LogP contribution in [0.4, 0.5) is 17.1 Å². The third-order valence-corrected chi connectivity index (χ3v) is 10.4. The summed E-state index contributed by atoms with van der Waals surface area (Å²) in [4.78, 5) is 2.37. The van der Waals surface area contributed by atoms with Gasteiger partial charge in [0.05, 0.1) is 0 Å². The number of benzene rings is 8. The smallest absolute Gasteiger partial charge is 0.0476 e. The predicted octanol–water partition coefficient (Wildman–Crippen LogP) is 13.7. The number of thiophene rings is 1. The summed E-state index contributed by atoms with van der Waals surface area (Å²) in [7, 11) is 0. The van der Waals surface area contributed by atoms with Gasteiger partial charge in [-0.25, -0.2) is 0 Å². The maximum Gasteiger partial charge on any atom is 0.0476 e. The summed E-state index contributed by atoms with van der Waals surface area (Å²) in [6, 6.07) is 68.1. The molecule has 0 amide bonds. The zero-order valence-electron chi connectivity index (χ0n) is 26.3. The first-order chi connectivity index (χ1) is 23.8. The van der Waals surface area contributed by atoms with E-state index >= 15 is 0 Å². The molecule has 2 heteroatoms. The molecule has 48 heavy (non-hydrogen) atoms. The average Bonchev–Trinajstić information content (AvgIpc) is 3.54. The number of nitrogens with zero attached hydrogens (tertiary/aromatic N) is 1. The first kappa shape index (κ1) is 28.3.